The van der Waals surface area contributed by atoms with Crippen LogP contribution in [-0.4, -0.2) is 152 Å². The largest absolute Gasteiger partial charge is 0.480 e. The van der Waals surface area contributed by atoms with Crippen LogP contribution in [0.25, 0.3) is 10.9 Å². The van der Waals surface area contributed by atoms with Crippen molar-refractivity contribution in [1.29, 1.82) is 5.26 Å². The summed E-state index contributed by atoms with van der Waals surface area (Å²) in [7, 11) is 0. The van der Waals surface area contributed by atoms with Crippen LogP contribution in [-0.2, 0) is 46.5 Å². The molecule has 2 fully saturated rings. The van der Waals surface area contributed by atoms with Gasteiger partial charge in [0.05, 0.1) is 56.4 Å². The van der Waals surface area contributed by atoms with Gasteiger partial charge < -0.3 is 41.3 Å². The van der Waals surface area contributed by atoms with Crippen LogP contribution in [0.5, 0.6) is 0 Å². The molecule has 354 valence electrons. The number of halogens is 2. The van der Waals surface area contributed by atoms with Crippen LogP contribution in [0.4, 0.5) is 14.5 Å². The molecule has 20 nitrogen and oxygen atoms in total. The zero-order chi connectivity index (χ0) is 48.0. The maximum atomic E-state index is 13.8. The molecular formula is C44H53F2N9O11. The minimum absolute atomic E-state index is 0.0170. The molecule has 22 heteroatoms. The molecule has 1 saturated carbocycles. The van der Waals surface area contributed by atoms with E-state index >= 15 is 0 Å². The molecule has 2 heterocycles. The monoisotopic (exact) mass is 921 g/mol. The Hall–Kier alpha value is -6.67. The molecule has 4 amide bonds. The zero-order valence-corrected chi connectivity index (χ0v) is 36.0. The molecular weight excluding hydrogens is 869 g/mol. The number of nitrogens with zero attached hydrogens (tertiary/aromatic N) is 5. The first-order chi connectivity index (χ1) is 31.4. The van der Waals surface area contributed by atoms with E-state index in [2.05, 4.69) is 26.3 Å². The van der Waals surface area contributed by atoms with Crippen LogP contribution in [0, 0.1) is 11.3 Å². The first-order valence-corrected chi connectivity index (χ1v) is 21.3. The molecule has 1 saturated heterocycles. The molecule has 2 aliphatic rings. The Kier molecular flexibility index (Phi) is 17.9. The number of nitriles is 1. The van der Waals surface area contributed by atoms with Crippen molar-refractivity contribution in [3.05, 3.63) is 71.4 Å². The molecule has 0 radical (unpaired) electrons. The summed E-state index contributed by atoms with van der Waals surface area (Å²) >= 11 is 0. The van der Waals surface area contributed by atoms with Gasteiger partial charge in [0.2, 0.25) is 23.6 Å². The highest BCUT2D eigenvalue weighted by atomic mass is 19.3. The quantitative estimate of drug-likeness (QED) is 0.0493. The smallest absolute Gasteiger partial charge is 0.317 e. The Morgan fingerprint density at radius 2 is 1.41 bits per heavy atom. The molecule has 4 atom stereocenters. The lowest BCUT2D eigenvalue weighted by Gasteiger charge is -2.44. The molecule has 3 aromatic rings. The van der Waals surface area contributed by atoms with Gasteiger partial charge in [0.1, 0.15) is 12.3 Å². The number of alkyl halides is 2. The summed E-state index contributed by atoms with van der Waals surface area (Å²) in [5, 5.41) is 59.7. The van der Waals surface area contributed by atoms with Crippen LogP contribution >= 0.6 is 0 Å². The molecule has 0 spiro atoms. The average molecular weight is 922 g/mol. The summed E-state index contributed by atoms with van der Waals surface area (Å²) in [6.07, 6.45) is 1.45. The summed E-state index contributed by atoms with van der Waals surface area (Å²) in [4.78, 5) is 93.9. The van der Waals surface area contributed by atoms with E-state index in [-0.39, 0.29) is 62.6 Å². The van der Waals surface area contributed by atoms with E-state index in [9.17, 15) is 68.0 Å². The number of nitrogens with one attached hydrogen (secondary N) is 4. The van der Waals surface area contributed by atoms with Crippen molar-refractivity contribution in [2.75, 3.05) is 51.1 Å². The van der Waals surface area contributed by atoms with Crippen molar-refractivity contribution < 1.29 is 62.8 Å². The fourth-order valence-corrected chi connectivity index (χ4v) is 8.35. The lowest BCUT2D eigenvalue weighted by molar-refractivity contribution is -0.146. The minimum Gasteiger partial charge on any atom is -0.480 e. The number of aliphatic hydroxyl groups excluding tert-OH is 1. The number of carbonyl (C=O) groups excluding carboxylic acids is 4. The molecule has 5 rings (SSSR count). The van der Waals surface area contributed by atoms with Crippen LogP contribution in [0.1, 0.15) is 67.9 Å². The molecule has 66 heavy (non-hydrogen) atoms. The summed E-state index contributed by atoms with van der Waals surface area (Å²) in [6, 6.07) is 12.8. The number of aliphatic carboxylic acids is 3. The highest BCUT2D eigenvalue weighted by molar-refractivity contribution is 6.02. The second-order valence-corrected chi connectivity index (χ2v) is 16.3. The number of carboxylic acids is 3. The average Bonchev–Trinajstić information content (AvgIpc) is 3.60. The maximum absolute atomic E-state index is 13.8. The van der Waals surface area contributed by atoms with Gasteiger partial charge in [-0.05, 0) is 36.1 Å². The first kappa shape index (κ1) is 50.3. The molecule has 1 aliphatic carbocycles. The summed E-state index contributed by atoms with van der Waals surface area (Å²) in [5.74, 6) is -8.66. The van der Waals surface area contributed by atoms with Gasteiger partial charge in [0.15, 0.2) is 0 Å². The highest BCUT2D eigenvalue weighted by Crippen LogP contribution is 2.32. The van der Waals surface area contributed by atoms with Gasteiger partial charge >= 0.3 is 17.9 Å². The van der Waals surface area contributed by atoms with E-state index in [0.717, 1.165) is 23.3 Å². The van der Waals surface area contributed by atoms with Gasteiger partial charge in [0.25, 0.3) is 5.92 Å². The molecule has 2 aromatic carbocycles. The number of hydrogen-bond donors (Lipinski definition) is 8. The van der Waals surface area contributed by atoms with Crippen molar-refractivity contribution in [2.45, 2.75) is 88.2 Å². The van der Waals surface area contributed by atoms with E-state index in [1.807, 2.05) is 0 Å². The number of rotatable bonds is 23. The van der Waals surface area contributed by atoms with Gasteiger partial charge in [0, 0.05) is 68.1 Å². The SMILES string of the molecule is N#C[C@@H]1CC(F)(F)CN1C(=O)CNC(O)c1ccnc2c(NC(=O)CCC(=O)NCCNC(=O)Cc3ccc(CN(CC(=O)O)C4CCCCC4N(CC(=O)O)CC(=O)O)cc3)cccc12. The molecule has 3 unspecified atom stereocenters. The fourth-order valence-electron chi connectivity index (χ4n) is 8.35. The number of fused-ring (bicyclic) bond motifs is 1. The van der Waals surface area contributed by atoms with E-state index in [1.54, 1.807) is 53.4 Å². The van der Waals surface area contributed by atoms with Gasteiger partial charge in [-0.2, -0.15) is 5.26 Å². The second kappa shape index (κ2) is 23.5. The molecule has 0 bridgehead atoms. The topological polar surface area (TPSA) is 295 Å². The third-order valence-electron chi connectivity index (χ3n) is 11.3. The van der Waals surface area contributed by atoms with E-state index < -0.39 is 98.5 Å². The molecule has 1 aromatic heterocycles. The summed E-state index contributed by atoms with van der Waals surface area (Å²) in [5.41, 5.74) is 2.28. The number of para-hydroxylation sites is 1. The van der Waals surface area contributed by atoms with Gasteiger partial charge in [-0.1, -0.05) is 49.2 Å². The Morgan fingerprint density at radius 3 is 2.05 bits per heavy atom. The summed E-state index contributed by atoms with van der Waals surface area (Å²) in [6.45, 7) is -2.33. The number of aromatic nitrogens is 1. The number of pyridine rings is 1. The number of amides is 4. The Labute approximate surface area is 377 Å². The third-order valence-corrected chi connectivity index (χ3v) is 11.3. The maximum Gasteiger partial charge on any atom is 0.317 e. The van der Waals surface area contributed by atoms with E-state index in [0.29, 0.717) is 29.3 Å². The Morgan fingerprint density at radius 1 is 0.818 bits per heavy atom. The van der Waals surface area contributed by atoms with Crippen molar-refractivity contribution in [3.8, 4) is 6.07 Å². The van der Waals surface area contributed by atoms with Crippen LogP contribution in [0.15, 0.2) is 54.7 Å². The van der Waals surface area contributed by atoms with E-state index in [1.165, 1.54) is 17.2 Å². The number of likely N-dealkylation sites (tertiary alicyclic amines) is 1. The predicted octanol–water partition coefficient (Wildman–Crippen LogP) is 1.44. The number of anilines is 1. The molecule has 1 aliphatic heterocycles. The lowest BCUT2D eigenvalue weighted by Crippen LogP contribution is -2.56. The lowest BCUT2D eigenvalue weighted by atomic mass is 9.87. The van der Waals surface area contributed by atoms with Crippen molar-refractivity contribution in [2.24, 2.45) is 0 Å². The summed E-state index contributed by atoms with van der Waals surface area (Å²) < 4.78 is 27.6. The molecule has 8 N–H and O–H groups in total. The van der Waals surface area contributed by atoms with E-state index in [4.69, 9.17) is 0 Å². The standard InChI is InChI=1S/C44H53F2N9O11/c45-44(46)19-29(20-47)55(26-44)38(59)21-51-43(66)31-14-15-50-42-30(31)4-3-5-32(42)52-36(57)13-12-35(56)48-16-17-49-37(58)18-27-8-10-28(11-9-27)22-53(23-39(60)61)33-6-1-2-7-34(33)54(24-40(62)63)25-41(64)65/h3-5,8-11,14-15,29,33-34,43,51,66H,1-2,6-7,12-13,16-19,21-26H2,(H,48,56)(H,49,58)(H,52,57)(H,60,61)(H,62,63)(H,64,65)/t29-,33?,34?,43?/m0/s1. The van der Waals surface area contributed by atoms with Gasteiger partial charge in [-0.15, -0.1) is 0 Å². The second-order valence-electron chi connectivity index (χ2n) is 16.3. The fraction of sp³-hybridized carbons (Fsp3) is 0.477. The first-order valence-electron chi connectivity index (χ1n) is 21.3. The predicted molar refractivity (Wildman–Crippen MR) is 230 cm³/mol. The Balaban J connectivity index is 1.04. The van der Waals surface area contributed by atoms with Gasteiger partial charge in [-0.3, -0.25) is 53.7 Å². The Bertz CT molecular complexity index is 2280. The number of aliphatic hydroxyl groups is 1. The van der Waals surface area contributed by atoms with Crippen LogP contribution in [0.2, 0.25) is 0 Å². The number of carboxylic acid groups (broad SMARTS) is 3. The number of carbonyl (C=O) groups is 7. The van der Waals surface area contributed by atoms with Crippen molar-refractivity contribution in [1.82, 2.24) is 35.6 Å². The number of benzene rings is 2. The minimum atomic E-state index is -3.18. The van der Waals surface area contributed by atoms with Crippen molar-refractivity contribution >= 4 is 58.1 Å². The highest BCUT2D eigenvalue weighted by Gasteiger charge is 2.47. The third kappa shape index (κ3) is 14.7. The van der Waals surface area contributed by atoms with Gasteiger partial charge in [-0.25, -0.2) is 8.78 Å². The number of hydrogen-bond acceptors (Lipinski definition) is 13. The normalized spacial score (nSPS) is 18.4. The van der Waals surface area contributed by atoms with Crippen LogP contribution in [0.3, 0.4) is 0 Å². The van der Waals surface area contributed by atoms with Crippen LogP contribution < -0.4 is 21.3 Å². The van der Waals surface area contributed by atoms with Crippen molar-refractivity contribution in [3.63, 3.8) is 0 Å². The zero-order valence-electron chi connectivity index (χ0n) is 36.0.